The van der Waals surface area contributed by atoms with Crippen LogP contribution in [0.4, 0.5) is 0 Å². The summed E-state index contributed by atoms with van der Waals surface area (Å²) in [5.41, 5.74) is 16.8. The van der Waals surface area contributed by atoms with Crippen molar-refractivity contribution >= 4 is 75.4 Å². The molecular weight excluding hydrogens is 773 g/mol. The van der Waals surface area contributed by atoms with Gasteiger partial charge in [0.25, 0.3) is 0 Å². The molecule has 0 fully saturated rings. The van der Waals surface area contributed by atoms with Gasteiger partial charge in [0.15, 0.2) is 0 Å². The van der Waals surface area contributed by atoms with E-state index in [1.54, 1.807) is 0 Å². The van der Waals surface area contributed by atoms with E-state index in [1.165, 1.54) is 131 Å². The quantitative estimate of drug-likeness (QED) is 0.166. The first-order valence-electron chi connectivity index (χ1n) is 22.1. The molecule has 2 heteroatoms. The van der Waals surface area contributed by atoms with Gasteiger partial charge < -0.3 is 0 Å². The molecule has 0 amide bonds. The van der Waals surface area contributed by atoms with Crippen molar-refractivity contribution in [3.05, 3.63) is 207 Å². The number of fused-ring (bicyclic) bond motifs is 15. The summed E-state index contributed by atoms with van der Waals surface area (Å²) >= 11 is 0. The first kappa shape index (κ1) is 34.2. The Hall–Kier alpha value is -8.46. The minimum atomic E-state index is 0.959. The summed E-state index contributed by atoms with van der Waals surface area (Å²) in [5.74, 6) is 0. The summed E-state index contributed by atoms with van der Waals surface area (Å²) in [5, 5.41) is 17.6. The van der Waals surface area contributed by atoms with Crippen LogP contribution < -0.4 is 0 Å². The van der Waals surface area contributed by atoms with E-state index in [4.69, 9.17) is 9.97 Å². The van der Waals surface area contributed by atoms with Crippen molar-refractivity contribution in [3.63, 3.8) is 0 Å². The standard InChI is InChI=1S/C62H34N2/c1-2-14-35(15-3-1)46-34-52-58(45-27-26-38-30-48-49(33-47(38)57(45)46)43-22-12-20-41-39-18-6-4-16-36(39)31-50(48)55(41)43)62(54-25-9-11-29-64-54)60-44-23-13-21-42-40-19-7-5-17-37(40)32-51(56(42)44)61(60)59(52)53-24-8-10-28-63-53/h1-34H. The lowest BCUT2D eigenvalue weighted by molar-refractivity contribution is 1.33. The van der Waals surface area contributed by atoms with Crippen LogP contribution in [-0.4, -0.2) is 9.97 Å². The molecule has 11 aromatic carbocycles. The zero-order chi connectivity index (χ0) is 41.6. The van der Waals surface area contributed by atoms with Crippen LogP contribution in [0.1, 0.15) is 0 Å². The van der Waals surface area contributed by atoms with E-state index >= 15 is 0 Å². The van der Waals surface area contributed by atoms with E-state index in [0.717, 1.165) is 22.5 Å². The third kappa shape index (κ3) is 4.44. The fraction of sp³-hybridized carbons (Fsp3) is 0. The number of pyridine rings is 2. The largest absolute Gasteiger partial charge is 0.256 e. The number of rotatable bonds is 3. The lowest BCUT2D eigenvalue weighted by Gasteiger charge is -2.23. The van der Waals surface area contributed by atoms with E-state index in [-0.39, 0.29) is 0 Å². The Morgan fingerprint density at radius 2 is 0.781 bits per heavy atom. The first-order valence-corrected chi connectivity index (χ1v) is 22.1. The third-order valence-electron chi connectivity index (χ3n) is 14.3. The molecule has 292 valence electrons. The van der Waals surface area contributed by atoms with E-state index < -0.39 is 0 Å². The summed E-state index contributed by atoms with van der Waals surface area (Å²) in [4.78, 5) is 10.4. The molecule has 2 aliphatic rings. The number of nitrogens with zero attached hydrogens (tertiary/aromatic N) is 2. The maximum absolute atomic E-state index is 5.21. The molecule has 0 saturated carbocycles. The summed E-state index contributed by atoms with van der Waals surface area (Å²) in [7, 11) is 0. The van der Waals surface area contributed by atoms with E-state index in [0.29, 0.717) is 0 Å². The smallest absolute Gasteiger partial charge is 0.0714 e. The van der Waals surface area contributed by atoms with Gasteiger partial charge in [0.05, 0.1) is 11.4 Å². The topological polar surface area (TPSA) is 25.8 Å². The normalized spacial score (nSPS) is 12.4. The van der Waals surface area contributed by atoms with Gasteiger partial charge in [0.1, 0.15) is 0 Å². The van der Waals surface area contributed by atoms with Crippen LogP contribution in [-0.2, 0) is 0 Å². The van der Waals surface area contributed by atoms with Gasteiger partial charge in [0.2, 0.25) is 0 Å². The highest BCUT2D eigenvalue weighted by atomic mass is 14.7. The number of hydrogen-bond acceptors (Lipinski definition) is 2. The maximum atomic E-state index is 5.21. The molecule has 15 rings (SSSR count). The first-order chi connectivity index (χ1) is 31.8. The second-order valence-electron chi connectivity index (χ2n) is 17.5. The lowest BCUT2D eigenvalue weighted by atomic mass is 9.80. The highest BCUT2D eigenvalue weighted by Gasteiger charge is 2.34. The molecule has 0 spiro atoms. The minimum Gasteiger partial charge on any atom is -0.256 e. The molecule has 0 radical (unpaired) electrons. The number of hydrogen-bond donors (Lipinski definition) is 0. The molecule has 0 aliphatic heterocycles. The van der Waals surface area contributed by atoms with Crippen molar-refractivity contribution in [2.75, 3.05) is 0 Å². The van der Waals surface area contributed by atoms with Crippen LogP contribution in [0.15, 0.2) is 207 Å². The van der Waals surface area contributed by atoms with Crippen molar-refractivity contribution in [1.82, 2.24) is 9.97 Å². The molecule has 0 bridgehead atoms. The Bertz CT molecular complexity index is 4210. The van der Waals surface area contributed by atoms with Crippen molar-refractivity contribution < 1.29 is 0 Å². The number of aromatic nitrogens is 2. The second kappa shape index (κ2) is 12.6. The van der Waals surface area contributed by atoms with Crippen molar-refractivity contribution in [1.29, 1.82) is 0 Å². The molecule has 2 heterocycles. The van der Waals surface area contributed by atoms with E-state index in [9.17, 15) is 0 Å². The summed E-state index contributed by atoms with van der Waals surface area (Å²) in [6, 6.07) is 72.1. The van der Waals surface area contributed by atoms with Crippen LogP contribution in [0, 0.1) is 0 Å². The monoisotopic (exact) mass is 806 g/mol. The fourth-order valence-electron chi connectivity index (χ4n) is 11.8. The van der Waals surface area contributed by atoms with Gasteiger partial charge in [-0.25, -0.2) is 0 Å². The molecule has 0 saturated heterocycles. The van der Waals surface area contributed by atoms with Crippen LogP contribution in [0.25, 0.3) is 154 Å². The maximum Gasteiger partial charge on any atom is 0.0714 e. The molecule has 0 atom stereocenters. The minimum absolute atomic E-state index is 0.959. The lowest BCUT2D eigenvalue weighted by Crippen LogP contribution is -1.98. The van der Waals surface area contributed by atoms with Gasteiger partial charge in [-0.3, -0.25) is 9.97 Å². The van der Waals surface area contributed by atoms with Crippen LogP contribution >= 0.6 is 0 Å². The summed E-state index contributed by atoms with van der Waals surface area (Å²) in [6.45, 7) is 0. The SMILES string of the molecule is c1ccc(-c2cc3c(-c4ccccn4)c4c(c(-c5ccccn5)c3c3ccc5cc6c(cc5c23)-c2cccc3c2c-6cc2ccccc23)-c2cccc3c2c-4cc2ccccc23)cc1. The highest BCUT2D eigenvalue weighted by molar-refractivity contribution is 6.36. The summed E-state index contributed by atoms with van der Waals surface area (Å²) < 4.78 is 0. The molecule has 2 aromatic heterocycles. The molecular formula is C62H34N2. The fourth-order valence-corrected chi connectivity index (χ4v) is 11.8. The Labute approximate surface area is 368 Å². The molecule has 2 aliphatic carbocycles. The highest BCUT2D eigenvalue weighted by Crippen LogP contribution is 2.60. The Balaban J connectivity index is 1.17. The predicted molar refractivity (Wildman–Crippen MR) is 270 cm³/mol. The average molecular weight is 807 g/mol. The van der Waals surface area contributed by atoms with Crippen molar-refractivity contribution in [2.24, 2.45) is 0 Å². The number of benzene rings is 11. The van der Waals surface area contributed by atoms with Crippen LogP contribution in [0.3, 0.4) is 0 Å². The van der Waals surface area contributed by atoms with Gasteiger partial charge in [-0.2, -0.15) is 0 Å². The molecule has 64 heavy (non-hydrogen) atoms. The predicted octanol–water partition coefficient (Wildman–Crippen LogP) is 16.8. The van der Waals surface area contributed by atoms with E-state index in [2.05, 4.69) is 182 Å². The van der Waals surface area contributed by atoms with Gasteiger partial charge in [-0.15, -0.1) is 0 Å². The average Bonchev–Trinajstić information content (AvgIpc) is 3.85. The molecule has 0 N–H and O–H groups in total. The Kier molecular flexibility index (Phi) is 6.71. The van der Waals surface area contributed by atoms with Crippen LogP contribution in [0.2, 0.25) is 0 Å². The second-order valence-corrected chi connectivity index (χ2v) is 17.5. The zero-order valence-electron chi connectivity index (χ0n) is 34.5. The van der Waals surface area contributed by atoms with Gasteiger partial charge in [-0.1, -0.05) is 140 Å². The van der Waals surface area contributed by atoms with Gasteiger partial charge >= 0.3 is 0 Å². The van der Waals surface area contributed by atoms with E-state index in [1.807, 2.05) is 24.5 Å². The van der Waals surface area contributed by atoms with Crippen molar-refractivity contribution in [2.45, 2.75) is 0 Å². The van der Waals surface area contributed by atoms with Gasteiger partial charge in [-0.05, 0) is 169 Å². The molecule has 2 nitrogen and oxygen atoms in total. The third-order valence-corrected chi connectivity index (χ3v) is 14.3. The Morgan fingerprint density at radius 1 is 0.234 bits per heavy atom. The Morgan fingerprint density at radius 3 is 1.50 bits per heavy atom. The molecule has 13 aromatic rings. The van der Waals surface area contributed by atoms with Crippen molar-refractivity contribution in [3.8, 4) is 78.1 Å². The molecule has 0 unspecified atom stereocenters. The van der Waals surface area contributed by atoms with Gasteiger partial charge in [0, 0.05) is 40.0 Å². The zero-order valence-corrected chi connectivity index (χ0v) is 34.5. The van der Waals surface area contributed by atoms with Crippen LogP contribution in [0.5, 0.6) is 0 Å². The summed E-state index contributed by atoms with van der Waals surface area (Å²) in [6.07, 6.45) is 3.88.